The number of carbonyl (C=O) groups excluding carboxylic acids is 1. The van der Waals surface area contributed by atoms with Crippen LogP contribution in [-0.4, -0.2) is 5.78 Å². The molecule has 0 aromatic heterocycles. The Morgan fingerprint density at radius 2 is 2.17 bits per heavy atom. The van der Waals surface area contributed by atoms with Crippen molar-refractivity contribution in [2.45, 2.75) is 19.5 Å². The molecule has 18 heavy (non-hydrogen) atoms. The molecule has 0 heterocycles. The number of nitrogens with two attached hydrogens (primary N) is 2. The first-order valence-electron chi connectivity index (χ1n) is 5.83. The summed E-state index contributed by atoms with van der Waals surface area (Å²) in [7, 11) is 0. The molecule has 0 bridgehead atoms. The van der Waals surface area contributed by atoms with E-state index in [2.05, 4.69) is 11.9 Å². The Bertz CT molecular complexity index is 546. The van der Waals surface area contributed by atoms with Gasteiger partial charge in [0.1, 0.15) is 5.70 Å². The number of hydrogen-bond acceptors (Lipinski definition) is 4. The molecule has 1 aliphatic rings. The van der Waals surface area contributed by atoms with Gasteiger partial charge in [0.25, 0.3) is 0 Å². The molecule has 1 atom stereocenters. The first kappa shape index (κ1) is 12.4. The number of ketones is 1. The minimum atomic E-state index is -0.102. The van der Waals surface area contributed by atoms with Crippen molar-refractivity contribution in [2.24, 2.45) is 11.5 Å². The van der Waals surface area contributed by atoms with E-state index in [9.17, 15) is 4.79 Å². The van der Waals surface area contributed by atoms with E-state index < -0.39 is 0 Å². The van der Waals surface area contributed by atoms with Gasteiger partial charge in [0.2, 0.25) is 5.78 Å². The molecule has 1 aliphatic carbocycles. The molecule has 0 fully saturated rings. The predicted molar refractivity (Wildman–Crippen MR) is 71.2 cm³/mol. The van der Waals surface area contributed by atoms with Crippen LogP contribution in [0.15, 0.2) is 47.8 Å². The van der Waals surface area contributed by atoms with E-state index in [1.54, 1.807) is 0 Å². The molecule has 5 N–H and O–H groups in total. The summed E-state index contributed by atoms with van der Waals surface area (Å²) < 4.78 is 0. The van der Waals surface area contributed by atoms with Gasteiger partial charge in [-0.25, -0.2) is 0 Å². The van der Waals surface area contributed by atoms with Crippen LogP contribution < -0.4 is 16.8 Å². The second-order valence-corrected chi connectivity index (χ2v) is 4.41. The number of carbonyl (C=O) groups is 1. The summed E-state index contributed by atoms with van der Waals surface area (Å²) in [4.78, 5) is 11.5. The highest BCUT2D eigenvalue weighted by Gasteiger charge is 2.30. The van der Waals surface area contributed by atoms with E-state index >= 15 is 0 Å². The number of allylic oxidation sites excluding steroid dienone is 2. The van der Waals surface area contributed by atoms with Gasteiger partial charge < -0.3 is 16.8 Å². The molecule has 0 aliphatic heterocycles. The molecule has 4 heteroatoms. The van der Waals surface area contributed by atoms with Gasteiger partial charge >= 0.3 is 0 Å². The number of nitrogens with one attached hydrogen (secondary N) is 1. The lowest BCUT2D eigenvalue weighted by Crippen LogP contribution is -2.36. The summed E-state index contributed by atoms with van der Waals surface area (Å²) >= 11 is 0. The van der Waals surface area contributed by atoms with Gasteiger partial charge in [-0.05, 0) is 18.1 Å². The lowest BCUT2D eigenvalue weighted by atomic mass is 9.92. The minimum absolute atomic E-state index is 0.00194. The van der Waals surface area contributed by atoms with Crippen molar-refractivity contribution in [3.63, 3.8) is 0 Å². The van der Waals surface area contributed by atoms with Gasteiger partial charge in [0.15, 0.2) is 0 Å². The zero-order valence-electron chi connectivity index (χ0n) is 10.4. The zero-order chi connectivity index (χ0) is 13.3. The van der Waals surface area contributed by atoms with E-state index in [4.69, 9.17) is 11.5 Å². The van der Waals surface area contributed by atoms with Gasteiger partial charge in [-0.15, -0.1) is 0 Å². The smallest absolute Gasteiger partial charge is 0.212 e. The summed E-state index contributed by atoms with van der Waals surface area (Å²) in [6, 6.07) is 7.94. The Labute approximate surface area is 106 Å². The Morgan fingerprint density at radius 3 is 2.78 bits per heavy atom. The molecule has 0 amide bonds. The second-order valence-electron chi connectivity index (χ2n) is 4.41. The summed E-state index contributed by atoms with van der Waals surface area (Å²) in [6.07, 6.45) is 0. The first-order valence-corrected chi connectivity index (χ1v) is 5.83. The van der Waals surface area contributed by atoms with Crippen LogP contribution in [0.5, 0.6) is 0 Å². The molecule has 1 aromatic rings. The van der Waals surface area contributed by atoms with Gasteiger partial charge in [-0.1, -0.05) is 30.8 Å². The van der Waals surface area contributed by atoms with E-state index in [1.165, 1.54) is 0 Å². The number of rotatable bonds is 4. The van der Waals surface area contributed by atoms with Crippen molar-refractivity contribution >= 4 is 5.78 Å². The highest BCUT2D eigenvalue weighted by molar-refractivity contribution is 6.18. The molecule has 94 valence electrons. The van der Waals surface area contributed by atoms with Crippen molar-refractivity contribution in [3.05, 3.63) is 58.9 Å². The quantitative estimate of drug-likeness (QED) is 0.692. The minimum Gasteiger partial charge on any atom is -0.396 e. The van der Waals surface area contributed by atoms with Crippen LogP contribution in [0.4, 0.5) is 0 Å². The number of Topliss-reactive ketones (excluding diaryl/α,β-unsaturated/α-hetero) is 1. The average molecular weight is 243 g/mol. The number of benzene rings is 1. The Balaban J connectivity index is 2.15. The van der Waals surface area contributed by atoms with Gasteiger partial charge in [0, 0.05) is 18.2 Å². The zero-order valence-corrected chi connectivity index (χ0v) is 10.4. The Morgan fingerprint density at radius 1 is 1.44 bits per heavy atom. The van der Waals surface area contributed by atoms with E-state index in [-0.39, 0.29) is 11.8 Å². The third-order valence-electron chi connectivity index (χ3n) is 3.14. The van der Waals surface area contributed by atoms with Crippen LogP contribution in [0, 0.1) is 0 Å². The summed E-state index contributed by atoms with van der Waals surface area (Å²) in [6.45, 7) is 6.07. The maximum absolute atomic E-state index is 11.5. The fourth-order valence-corrected chi connectivity index (χ4v) is 1.92. The average Bonchev–Trinajstić information content (AvgIpc) is 2.43. The standard InChI is InChI=1S/C14H17N3O/c1-8-12(16)13(14(8)18)17-9(2)11-5-3-4-10(6-11)7-15/h3-6,9,17H,1,7,15-16H2,2H3. The SMILES string of the molecule is C=C1C(=O)C(NC(C)c2cccc(CN)c2)=C1N. The van der Waals surface area contributed by atoms with Crippen LogP contribution in [0.2, 0.25) is 0 Å². The lowest BCUT2D eigenvalue weighted by Gasteiger charge is -2.26. The van der Waals surface area contributed by atoms with Crippen molar-refractivity contribution in [2.75, 3.05) is 0 Å². The van der Waals surface area contributed by atoms with E-state index in [1.807, 2.05) is 31.2 Å². The fraction of sp³-hybridized carbons (Fsp3) is 0.214. The third kappa shape index (κ3) is 2.02. The van der Waals surface area contributed by atoms with Gasteiger partial charge in [0.05, 0.1) is 5.70 Å². The van der Waals surface area contributed by atoms with Crippen LogP contribution in [0.3, 0.4) is 0 Å². The summed E-state index contributed by atoms with van der Waals surface area (Å²) in [5, 5.41) is 3.12. The molecule has 0 saturated carbocycles. The Kier molecular flexibility index (Phi) is 3.21. The molecule has 1 unspecified atom stereocenters. The second kappa shape index (κ2) is 4.66. The monoisotopic (exact) mass is 243 g/mol. The Hall–Kier alpha value is -2.07. The molecule has 0 radical (unpaired) electrons. The van der Waals surface area contributed by atoms with Crippen molar-refractivity contribution < 1.29 is 4.79 Å². The van der Waals surface area contributed by atoms with Crippen LogP contribution >= 0.6 is 0 Å². The van der Waals surface area contributed by atoms with Crippen LogP contribution in [0.1, 0.15) is 24.1 Å². The van der Waals surface area contributed by atoms with Gasteiger partial charge in [-0.3, -0.25) is 4.79 Å². The van der Waals surface area contributed by atoms with Crippen LogP contribution in [-0.2, 0) is 11.3 Å². The summed E-state index contributed by atoms with van der Waals surface area (Å²) in [5.74, 6) is -0.102. The molecule has 2 rings (SSSR count). The molecule has 0 spiro atoms. The van der Waals surface area contributed by atoms with Crippen molar-refractivity contribution in [3.8, 4) is 0 Å². The maximum Gasteiger partial charge on any atom is 0.212 e. The number of hydrogen-bond donors (Lipinski definition) is 3. The molecule has 1 aromatic carbocycles. The molecular formula is C14H17N3O. The molecule has 0 saturated heterocycles. The fourth-order valence-electron chi connectivity index (χ4n) is 1.92. The summed E-state index contributed by atoms with van der Waals surface area (Å²) in [5.41, 5.74) is 14.8. The highest BCUT2D eigenvalue weighted by Crippen LogP contribution is 2.25. The molecule has 4 nitrogen and oxygen atoms in total. The van der Waals surface area contributed by atoms with Gasteiger partial charge in [-0.2, -0.15) is 0 Å². The molecular weight excluding hydrogens is 226 g/mol. The first-order chi connectivity index (χ1) is 8.54. The normalized spacial score (nSPS) is 16.6. The van der Waals surface area contributed by atoms with E-state index in [0.29, 0.717) is 23.5 Å². The lowest BCUT2D eigenvalue weighted by molar-refractivity contribution is -0.113. The maximum atomic E-state index is 11.5. The third-order valence-corrected chi connectivity index (χ3v) is 3.14. The van der Waals surface area contributed by atoms with Crippen LogP contribution in [0.25, 0.3) is 0 Å². The van der Waals surface area contributed by atoms with Crippen molar-refractivity contribution in [1.29, 1.82) is 0 Å². The largest absolute Gasteiger partial charge is 0.396 e. The van der Waals surface area contributed by atoms with Crippen molar-refractivity contribution in [1.82, 2.24) is 5.32 Å². The van der Waals surface area contributed by atoms with E-state index in [0.717, 1.165) is 11.1 Å². The highest BCUT2D eigenvalue weighted by atomic mass is 16.1. The topological polar surface area (TPSA) is 81.1 Å². The predicted octanol–water partition coefficient (Wildman–Crippen LogP) is 1.11.